The Balaban J connectivity index is 2.38. The zero-order valence-electron chi connectivity index (χ0n) is 13.3. The molecule has 0 saturated carbocycles. The van der Waals surface area contributed by atoms with Gasteiger partial charge in [0.15, 0.2) is 6.61 Å². The summed E-state index contributed by atoms with van der Waals surface area (Å²) in [4.78, 5) is 13.7. The highest BCUT2D eigenvalue weighted by atomic mass is 79.9. The fraction of sp³-hybridized carbons (Fsp3) is 0.235. The molecule has 8 heteroatoms. The van der Waals surface area contributed by atoms with Gasteiger partial charge in [0, 0.05) is 18.4 Å². The number of amides is 1. The maximum atomic E-state index is 14.0. The Morgan fingerprint density at radius 1 is 1.32 bits per heavy atom. The zero-order chi connectivity index (χ0) is 18.8. The Morgan fingerprint density at radius 3 is 2.60 bits per heavy atom. The third-order valence-corrected chi connectivity index (χ3v) is 4.05. The van der Waals surface area contributed by atoms with E-state index in [1.807, 2.05) is 0 Å². The fourth-order valence-electron chi connectivity index (χ4n) is 2.06. The van der Waals surface area contributed by atoms with Crippen LogP contribution in [0.25, 0.3) is 0 Å². The molecule has 25 heavy (non-hydrogen) atoms. The van der Waals surface area contributed by atoms with Crippen molar-refractivity contribution in [2.24, 2.45) is 0 Å². The van der Waals surface area contributed by atoms with Gasteiger partial charge >= 0.3 is 0 Å². The van der Waals surface area contributed by atoms with Gasteiger partial charge in [0.1, 0.15) is 11.6 Å². The number of anilines is 1. The smallest absolute Gasteiger partial charge is 0.278 e. The van der Waals surface area contributed by atoms with E-state index in [1.54, 1.807) is 6.07 Å². The largest absolute Gasteiger partial charge is 0.485 e. The molecule has 2 rings (SSSR count). The lowest BCUT2D eigenvalue weighted by Gasteiger charge is -2.22. The van der Waals surface area contributed by atoms with Crippen LogP contribution in [-0.4, -0.2) is 25.5 Å². The van der Waals surface area contributed by atoms with Crippen molar-refractivity contribution in [3.05, 3.63) is 57.3 Å². The van der Waals surface area contributed by atoms with E-state index in [0.717, 1.165) is 17.9 Å². The van der Waals surface area contributed by atoms with Crippen LogP contribution in [0.15, 0.2) is 40.9 Å². The van der Waals surface area contributed by atoms with Crippen LogP contribution < -0.4 is 9.64 Å². The van der Waals surface area contributed by atoms with E-state index < -0.39 is 24.3 Å². The lowest BCUT2D eigenvalue weighted by Crippen LogP contribution is -2.29. The normalized spacial score (nSPS) is 11.3. The fourth-order valence-corrected chi connectivity index (χ4v) is 2.65. The molecule has 134 valence electrons. The molecule has 3 nitrogen and oxygen atoms in total. The van der Waals surface area contributed by atoms with Crippen molar-refractivity contribution in [2.75, 3.05) is 18.6 Å². The molecule has 0 aliphatic heterocycles. The van der Waals surface area contributed by atoms with Gasteiger partial charge in [-0.3, -0.25) is 4.79 Å². The quantitative estimate of drug-likeness (QED) is 0.615. The predicted molar refractivity (Wildman–Crippen MR) is 94.4 cm³/mol. The first kappa shape index (κ1) is 19.6. The van der Waals surface area contributed by atoms with Gasteiger partial charge in [0.2, 0.25) is 0 Å². The minimum absolute atomic E-state index is 0.0449. The molecule has 0 bridgehead atoms. The Hall–Kier alpha value is -1.73. The summed E-state index contributed by atoms with van der Waals surface area (Å²) in [6.45, 7) is -0.141. The number of ether oxygens (including phenoxy) is 1. The molecule has 0 aliphatic carbocycles. The second-order valence-electron chi connectivity index (χ2n) is 5.43. The molecule has 0 spiro atoms. The molecule has 0 saturated heterocycles. The van der Waals surface area contributed by atoms with E-state index >= 15 is 0 Å². The van der Waals surface area contributed by atoms with Crippen LogP contribution >= 0.6 is 27.5 Å². The number of alkyl halides is 2. The minimum atomic E-state index is -3.04. The molecule has 2 aromatic carbocycles. The van der Waals surface area contributed by atoms with Crippen molar-refractivity contribution in [1.82, 2.24) is 0 Å². The van der Waals surface area contributed by atoms with E-state index in [9.17, 15) is 18.0 Å². The number of carbonyl (C=O) groups excluding carboxylic acids is 1. The molecule has 0 atom stereocenters. The predicted octanol–water partition coefficient (Wildman–Crippen LogP) is 5.55. The van der Waals surface area contributed by atoms with Crippen LogP contribution in [-0.2, 0) is 0 Å². The Morgan fingerprint density at radius 2 is 2.00 bits per heavy atom. The molecular weight excluding hydrogens is 423 g/mol. The van der Waals surface area contributed by atoms with Gasteiger partial charge in [-0.1, -0.05) is 33.6 Å². The van der Waals surface area contributed by atoms with Crippen LogP contribution in [0.3, 0.4) is 0 Å². The van der Waals surface area contributed by atoms with Gasteiger partial charge in [-0.05, 0) is 30.3 Å². The summed E-state index contributed by atoms with van der Waals surface area (Å²) >= 11 is 9.14. The Labute approximate surface area is 156 Å². The number of hydrogen-bond acceptors (Lipinski definition) is 2. The van der Waals surface area contributed by atoms with Gasteiger partial charge in [-0.25, -0.2) is 13.2 Å². The topological polar surface area (TPSA) is 29.5 Å². The van der Waals surface area contributed by atoms with Crippen molar-refractivity contribution < 1.29 is 22.7 Å². The molecule has 0 aromatic heterocycles. The molecule has 0 N–H and O–H groups in total. The third-order valence-electron chi connectivity index (χ3n) is 3.25. The van der Waals surface area contributed by atoms with Crippen LogP contribution in [0.1, 0.15) is 17.3 Å². The van der Waals surface area contributed by atoms with Gasteiger partial charge < -0.3 is 9.64 Å². The molecule has 2 aromatic rings. The van der Waals surface area contributed by atoms with Gasteiger partial charge in [-0.15, -0.1) is 0 Å². The van der Waals surface area contributed by atoms with Crippen LogP contribution in [0.2, 0.25) is 5.02 Å². The van der Waals surface area contributed by atoms with Gasteiger partial charge in [0.25, 0.3) is 11.8 Å². The summed E-state index contributed by atoms with van der Waals surface area (Å²) < 4.78 is 45.9. The van der Waals surface area contributed by atoms with E-state index in [-0.39, 0.29) is 22.0 Å². The Bertz CT molecular complexity index is 776. The Kier molecular flexibility index (Phi) is 6.00. The first-order valence-electron chi connectivity index (χ1n) is 7.12. The summed E-state index contributed by atoms with van der Waals surface area (Å²) in [6, 6.07) is 8.45. The van der Waals surface area contributed by atoms with Crippen molar-refractivity contribution >= 4 is 39.1 Å². The highest BCUT2D eigenvalue weighted by Crippen LogP contribution is 2.33. The van der Waals surface area contributed by atoms with Crippen LogP contribution in [0.4, 0.5) is 18.9 Å². The second kappa shape index (κ2) is 7.66. The van der Waals surface area contributed by atoms with Crippen LogP contribution in [0, 0.1) is 5.82 Å². The standard InChI is InChI=1S/C17H14BrClF3NO2/c1-17(21,22)9-25-14-8-10(18)6-7-13(14)23(2)16(24)15-11(19)4-3-5-12(15)20/h3-8H,9H2,1-2H3. The first-order chi connectivity index (χ1) is 11.6. The summed E-state index contributed by atoms with van der Waals surface area (Å²) in [5, 5.41) is -0.0449. The van der Waals surface area contributed by atoms with E-state index in [1.165, 1.54) is 31.3 Å². The van der Waals surface area contributed by atoms with Crippen molar-refractivity contribution in [3.63, 3.8) is 0 Å². The number of rotatable bonds is 5. The maximum Gasteiger partial charge on any atom is 0.278 e. The van der Waals surface area contributed by atoms with Gasteiger partial charge in [-0.2, -0.15) is 0 Å². The monoisotopic (exact) mass is 435 g/mol. The molecular formula is C17H14BrClF3NO2. The molecule has 0 unspecified atom stereocenters. The molecule has 0 fully saturated rings. The SMILES string of the molecule is CN(C(=O)c1c(F)cccc1Cl)c1ccc(Br)cc1OCC(C)(F)F. The number of halogens is 5. The first-order valence-corrected chi connectivity index (χ1v) is 8.29. The summed E-state index contributed by atoms with van der Waals surface area (Å²) in [5.74, 6) is -4.49. The number of nitrogens with zero attached hydrogens (tertiary/aromatic N) is 1. The highest BCUT2D eigenvalue weighted by Gasteiger charge is 2.26. The average molecular weight is 437 g/mol. The summed E-state index contributed by atoms with van der Waals surface area (Å²) in [5.41, 5.74) is -0.0990. The maximum absolute atomic E-state index is 14.0. The van der Waals surface area contributed by atoms with Crippen LogP contribution in [0.5, 0.6) is 5.75 Å². The van der Waals surface area contributed by atoms with E-state index in [4.69, 9.17) is 16.3 Å². The molecule has 0 aliphatic rings. The average Bonchev–Trinajstić information content (AvgIpc) is 2.51. The zero-order valence-corrected chi connectivity index (χ0v) is 15.7. The molecule has 0 heterocycles. The second-order valence-corrected chi connectivity index (χ2v) is 6.75. The summed E-state index contributed by atoms with van der Waals surface area (Å²) in [7, 11) is 1.38. The number of benzene rings is 2. The lowest BCUT2D eigenvalue weighted by molar-refractivity contribution is -0.0228. The molecule has 0 radical (unpaired) electrons. The molecule has 1 amide bonds. The van der Waals surface area contributed by atoms with E-state index in [2.05, 4.69) is 15.9 Å². The number of carbonyl (C=O) groups is 1. The van der Waals surface area contributed by atoms with Crippen molar-refractivity contribution in [3.8, 4) is 5.75 Å². The summed E-state index contributed by atoms with van der Waals surface area (Å²) in [6.07, 6.45) is 0. The highest BCUT2D eigenvalue weighted by molar-refractivity contribution is 9.10. The lowest BCUT2D eigenvalue weighted by atomic mass is 10.1. The van der Waals surface area contributed by atoms with Gasteiger partial charge in [0.05, 0.1) is 16.3 Å². The van der Waals surface area contributed by atoms with Crippen molar-refractivity contribution in [2.45, 2.75) is 12.8 Å². The third kappa shape index (κ3) is 4.89. The number of hydrogen-bond donors (Lipinski definition) is 0. The van der Waals surface area contributed by atoms with E-state index in [0.29, 0.717) is 4.47 Å². The minimum Gasteiger partial charge on any atom is -0.485 e. The van der Waals surface area contributed by atoms with Crippen molar-refractivity contribution in [1.29, 1.82) is 0 Å².